The van der Waals surface area contributed by atoms with Gasteiger partial charge in [0.2, 0.25) is 5.75 Å². The molecule has 0 radical (unpaired) electrons. The van der Waals surface area contributed by atoms with E-state index >= 15 is 0 Å². The molecule has 0 unspecified atom stereocenters. The minimum Gasteiger partial charge on any atom is -0.493 e. The molecule has 118 valence electrons. The van der Waals surface area contributed by atoms with Crippen LogP contribution in [0.15, 0.2) is 18.2 Å². The van der Waals surface area contributed by atoms with Gasteiger partial charge in [-0.1, -0.05) is 0 Å². The van der Waals surface area contributed by atoms with Crippen LogP contribution in [-0.2, 0) is 0 Å². The van der Waals surface area contributed by atoms with Gasteiger partial charge in [-0.15, -0.1) is 0 Å². The highest BCUT2D eigenvalue weighted by Crippen LogP contribution is 2.49. The smallest absolute Gasteiger partial charge is 0.205 e. The largest absolute Gasteiger partial charge is 0.493 e. The average molecular weight is 313 g/mol. The van der Waals surface area contributed by atoms with Crippen molar-refractivity contribution in [3.05, 3.63) is 18.2 Å². The number of hydrogen-bond donors (Lipinski definition) is 1. The Hall–Kier alpha value is -2.76. The zero-order valence-corrected chi connectivity index (χ0v) is 12.6. The Balaban J connectivity index is 1.89. The molecule has 0 aliphatic carbocycles. The predicted octanol–water partition coefficient (Wildman–Crippen LogP) is 2.87. The van der Waals surface area contributed by atoms with Gasteiger partial charge >= 0.3 is 0 Å². The number of rotatable bonds is 1. The van der Waals surface area contributed by atoms with E-state index in [9.17, 15) is 0 Å². The van der Waals surface area contributed by atoms with Crippen LogP contribution in [0.3, 0.4) is 0 Å². The van der Waals surface area contributed by atoms with Crippen LogP contribution in [0.25, 0.3) is 21.8 Å². The van der Waals surface area contributed by atoms with Gasteiger partial charge in [-0.05, 0) is 18.2 Å². The van der Waals surface area contributed by atoms with E-state index in [1.807, 2.05) is 18.2 Å². The molecular weight excluding hydrogens is 298 g/mol. The summed E-state index contributed by atoms with van der Waals surface area (Å²) in [6.07, 6.45) is 0. The van der Waals surface area contributed by atoms with Crippen molar-refractivity contribution in [3.8, 4) is 28.7 Å². The third-order valence-corrected chi connectivity index (χ3v) is 4.25. The molecule has 0 saturated carbocycles. The lowest BCUT2D eigenvalue weighted by Gasteiger charge is -2.21. The Kier molecular flexibility index (Phi) is 2.56. The van der Waals surface area contributed by atoms with Crippen LogP contribution in [0.5, 0.6) is 28.7 Å². The summed E-state index contributed by atoms with van der Waals surface area (Å²) in [5.41, 5.74) is 1.79. The lowest BCUT2D eigenvalue weighted by Crippen LogP contribution is -2.16. The van der Waals surface area contributed by atoms with Gasteiger partial charge < -0.3 is 28.7 Å². The lowest BCUT2D eigenvalue weighted by molar-refractivity contribution is 0.167. The Bertz CT molecular complexity index is 930. The first kappa shape index (κ1) is 12.8. The second-order valence-corrected chi connectivity index (χ2v) is 5.49. The maximum atomic E-state index is 5.84. The van der Waals surface area contributed by atoms with Crippen LogP contribution in [0.2, 0.25) is 0 Å². The maximum Gasteiger partial charge on any atom is 0.205 e. The molecule has 1 N–H and O–H groups in total. The Morgan fingerprint density at radius 1 is 0.826 bits per heavy atom. The molecule has 1 aromatic heterocycles. The predicted molar refractivity (Wildman–Crippen MR) is 84.3 cm³/mol. The third kappa shape index (κ3) is 1.69. The summed E-state index contributed by atoms with van der Waals surface area (Å²) < 4.78 is 28.5. The fraction of sp³-hybridized carbons (Fsp3) is 0.294. The Labute approximate surface area is 131 Å². The van der Waals surface area contributed by atoms with E-state index in [0.717, 1.165) is 33.3 Å². The standard InChI is InChI=1S/C17H15NO5/c1-19-12-8-10-9-2-3-11-15(21-5-4-20-11)13(9)18-14(10)17-16(12)22-6-7-23-17/h2-3,8,18H,4-7H2,1H3. The van der Waals surface area contributed by atoms with Crippen molar-refractivity contribution in [1.82, 2.24) is 4.98 Å². The monoisotopic (exact) mass is 313 g/mol. The van der Waals surface area contributed by atoms with Crippen molar-refractivity contribution in [2.24, 2.45) is 0 Å². The van der Waals surface area contributed by atoms with E-state index in [2.05, 4.69) is 4.98 Å². The van der Waals surface area contributed by atoms with Crippen molar-refractivity contribution >= 4 is 21.8 Å². The second kappa shape index (κ2) is 4.62. The summed E-state index contributed by atoms with van der Waals surface area (Å²) in [4.78, 5) is 3.42. The highest BCUT2D eigenvalue weighted by Gasteiger charge is 2.25. The minimum atomic E-state index is 0.515. The van der Waals surface area contributed by atoms with E-state index in [1.54, 1.807) is 7.11 Å². The van der Waals surface area contributed by atoms with Gasteiger partial charge in [0.25, 0.3) is 0 Å². The van der Waals surface area contributed by atoms with Gasteiger partial charge in [0.05, 0.1) is 18.1 Å². The van der Waals surface area contributed by atoms with Gasteiger partial charge in [0.15, 0.2) is 23.0 Å². The number of methoxy groups -OCH3 is 1. The molecule has 2 aromatic carbocycles. The fourth-order valence-corrected chi connectivity index (χ4v) is 3.26. The summed E-state index contributed by atoms with van der Waals surface area (Å²) in [6, 6.07) is 5.93. The number of nitrogens with one attached hydrogen (secondary N) is 1. The molecular formula is C17H15NO5. The van der Waals surface area contributed by atoms with Crippen LogP contribution < -0.4 is 23.7 Å². The van der Waals surface area contributed by atoms with E-state index in [4.69, 9.17) is 23.7 Å². The van der Waals surface area contributed by atoms with Crippen molar-refractivity contribution in [2.75, 3.05) is 33.5 Å². The Morgan fingerprint density at radius 2 is 1.52 bits per heavy atom. The normalized spacial score (nSPS) is 15.9. The first-order chi connectivity index (χ1) is 11.4. The zero-order valence-electron chi connectivity index (χ0n) is 12.6. The van der Waals surface area contributed by atoms with Crippen LogP contribution in [0.1, 0.15) is 0 Å². The molecule has 6 heteroatoms. The van der Waals surface area contributed by atoms with E-state index < -0.39 is 0 Å². The minimum absolute atomic E-state index is 0.515. The molecule has 6 nitrogen and oxygen atoms in total. The molecule has 23 heavy (non-hydrogen) atoms. The number of aromatic nitrogens is 1. The second-order valence-electron chi connectivity index (χ2n) is 5.49. The molecule has 5 rings (SSSR count). The first-order valence-corrected chi connectivity index (χ1v) is 7.57. The Morgan fingerprint density at radius 3 is 2.35 bits per heavy atom. The van der Waals surface area contributed by atoms with Crippen LogP contribution >= 0.6 is 0 Å². The van der Waals surface area contributed by atoms with Crippen molar-refractivity contribution in [3.63, 3.8) is 0 Å². The number of ether oxygens (including phenoxy) is 5. The van der Waals surface area contributed by atoms with E-state index in [-0.39, 0.29) is 0 Å². The number of fused-ring (bicyclic) bond motifs is 7. The average Bonchev–Trinajstić information content (AvgIpc) is 3.00. The molecule has 0 bridgehead atoms. The van der Waals surface area contributed by atoms with Gasteiger partial charge in [-0.2, -0.15) is 0 Å². The van der Waals surface area contributed by atoms with Crippen LogP contribution in [0.4, 0.5) is 0 Å². The molecule has 0 spiro atoms. The third-order valence-electron chi connectivity index (χ3n) is 4.25. The molecule has 3 heterocycles. The molecule has 2 aliphatic rings. The fourth-order valence-electron chi connectivity index (χ4n) is 3.26. The van der Waals surface area contributed by atoms with Crippen LogP contribution in [-0.4, -0.2) is 38.5 Å². The van der Waals surface area contributed by atoms with Crippen LogP contribution in [0, 0.1) is 0 Å². The lowest BCUT2D eigenvalue weighted by atomic mass is 10.1. The number of hydrogen-bond acceptors (Lipinski definition) is 5. The number of aromatic amines is 1. The number of H-pyrrole nitrogens is 1. The molecule has 2 aliphatic heterocycles. The van der Waals surface area contributed by atoms with Crippen molar-refractivity contribution in [2.45, 2.75) is 0 Å². The zero-order chi connectivity index (χ0) is 15.4. The van der Waals surface area contributed by atoms with Gasteiger partial charge in [-0.3, -0.25) is 0 Å². The molecule has 0 atom stereocenters. The maximum absolute atomic E-state index is 5.84. The van der Waals surface area contributed by atoms with Gasteiger partial charge in [0, 0.05) is 10.8 Å². The summed E-state index contributed by atoms with van der Waals surface area (Å²) >= 11 is 0. The topological polar surface area (TPSA) is 61.9 Å². The SMILES string of the molecule is COc1cc2c([nH]c3c4c(ccc32)OCCO4)c2c1OCCO2. The summed E-state index contributed by atoms with van der Waals surface area (Å²) in [5, 5.41) is 2.05. The highest BCUT2D eigenvalue weighted by molar-refractivity contribution is 6.13. The quantitative estimate of drug-likeness (QED) is 0.748. The van der Waals surface area contributed by atoms with Crippen molar-refractivity contribution < 1.29 is 23.7 Å². The summed E-state index contributed by atoms with van der Waals surface area (Å²) in [7, 11) is 1.63. The molecule has 0 fully saturated rings. The van der Waals surface area contributed by atoms with Gasteiger partial charge in [0.1, 0.15) is 26.4 Å². The molecule has 0 amide bonds. The van der Waals surface area contributed by atoms with E-state index in [1.165, 1.54) is 0 Å². The summed E-state index contributed by atoms with van der Waals surface area (Å²) in [6.45, 7) is 2.14. The van der Waals surface area contributed by atoms with Gasteiger partial charge in [-0.25, -0.2) is 0 Å². The summed E-state index contributed by atoms with van der Waals surface area (Å²) in [5.74, 6) is 3.50. The highest BCUT2D eigenvalue weighted by atomic mass is 16.6. The van der Waals surface area contributed by atoms with E-state index in [0.29, 0.717) is 43.7 Å². The molecule has 0 saturated heterocycles. The number of benzene rings is 2. The first-order valence-electron chi connectivity index (χ1n) is 7.57. The van der Waals surface area contributed by atoms with Crippen molar-refractivity contribution in [1.29, 1.82) is 0 Å². The molecule has 3 aromatic rings.